The molecule has 3 heteroatoms. The Bertz CT molecular complexity index is 765. The van der Waals surface area contributed by atoms with Crippen LogP contribution in [0.1, 0.15) is 22.1 Å². The molecule has 1 unspecified atom stereocenters. The number of thiophene rings is 1. The Hall–Kier alpha value is -1.68. The van der Waals surface area contributed by atoms with Gasteiger partial charge < -0.3 is 0 Å². The van der Waals surface area contributed by atoms with E-state index in [-0.39, 0.29) is 6.10 Å². The van der Waals surface area contributed by atoms with Gasteiger partial charge in [0.15, 0.2) is 0 Å². The Kier molecular flexibility index (Phi) is 3.26. The fraction of sp³-hybridized carbons (Fsp3) is 0.222. The lowest BCUT2D eigenvalue weighted by Crippen LogP contribution is -2.21. The van der Waals surface area contributed by atoms with Crippen molar-refractivity contribution in [3.05, 3.63) is 70.6 Å². The fourth-order valence-electron chi connectivity index (χ4n) is 2.98. The lowest BCUT2D eigenvalue weighted by molar-refractivity contribution is -0.165. The standard InChI is InChI=1S/C18H17NOS/c1-19-12-11-15-14-9-5-6-10-16(14)21-18(15)17(20-19)13-7-3-2-4-8-13/h2-10,17H,11-12H2,1H3. The lowest BCUT2D eigenvalue weighted by Gasteiger charge is -2.21. The number of benzene rings is 2. The average molecular weight is 295 g/mol. The monoisotopic (exact) mass is 295 g/mol. The number of likely N-dealkylation sites (N-methyl/N-ethyl adjacent to an activating group) is 1. The molecule has 2 nitrogen and oxygen atoms in total. The van der Waals surface area contributed by atoms with E-state index in [1.165, 1.54) is 26.1 Å². The van der Waals surface area contributed by atoms with Crippen molar-refractivity contribution in [1.29, 1.82) is 0 Å². The molecule has 2 aromatic carbocycles. The molecular formula is C18H17NOS. The zero-order valence-corrected chi connectivity index (χ0v) is 12.8. The molecular weight excluding hydrogens is 278 g/mol. The highest BCUT2D eigenvalue weighted by atomic mass is 32.1. The third-order valence-electron chi connectivity index (χ3n) is 4.03. The summed E-state index contributed by atoms with van der Waals surface area (Å²) >= 11 is 1.87. The first-order valence-electron chi connectivity index (χ1n) is 7.26. The van der Waals surface area contributed by atoms with Crippen LogP contribution in [0.25, 0.3) is 10.1 Å². The van der Waals surface area contributed by atoms with Gasteiger partial charge in [-0.2, -0.15) is 5.06 Å². The van der Waals surface area contributed by atoms with Crippen molar-refractivity contribution < 1.29 is 4.84 Å². The van der Waals surface area contributed by atoms with Crippen LogP contribution in [0.4, 0.5) is 0 Å². The lowest BCUT2D eigenvalue weighted by atomic mass is 10.0. The maximum atomic E-state index is 6.20. The largest absolute Gasteiger partial charge is 0.285 e. The second-order valence-electron chi connectivity index (χ2n) is 5.44. The van der Waals surface area contributed by atoms with Gasteiger partial charge in [0.25, 0.3) is 0 Å². The summed E-state index contributed by atoms with van der Waals surface area (Å²) in [5.74, 6) is 0. The normalized spacial score (nSPS) is 19.4. The zero-order valence-electron chi connectivity index (χ0n) is 12.0. The van der Waals surface area contributed by atoms with Gasteiger partial charge in [-0.3, -0.25) is 4.84 Å². The Morgan fingerprint density at radius 1 is 1.05 bits per heavy atom. The summed E-state index contributed by atoms with van der Waals surface area (Å²) in [4.78, 5) is 7.55. The summed E-state index contributed by atoms with van der Waals surface area (Å²) in [6.45, 7) is 0.928. The van der Waals surface area contributed by atoms with Gasteiger partial charge in [0.1, 0.15) is 6.10 Å². The molecule has 2 heterocycles. The zero-order chi connectivity index (χ0) is 14.2. The Morgan fingerprint density at radius 3 is 2.67 bits per heavy atom. The van der Waals surface area contributed by atoms with Gasteiger partial charge in [-0.05, 0) is 29.0 Å². The van der Waals surface area contributed by atoms with Crippen LogP contribution in [-0.2, 0) is 11.3 Å². The molecule has 3 aromatic rings. The molecule has 0 saturated carbocycles. The molecule has 4 rings (SSSR count). The highest BCUT2D eigenvalue weighted by Crippen LogP contribution is 2.41. The number of hydrogen-bond donors (Lipinski definition) is 0. The molecule has 0 radical (unpaired) electrons. The van der Waals surface area contributed by atoms with Gasteiger partial charge in [0, 0.05) is 23.2 Å². The van der Waals surface area contributed by atoms with Crippen molar-refractivity contribution >= 4 is 21.4 Å². The highest BCUT2D eigenvalue weighted by molar-refractivity contribution is 7.19. The molecule has 0 fully saturated rings. The van der Waals surface area contributed by atoms with Crippen LogP contribution < -0.4 is 0 Å². The highest BCUT2D eigenvalue weighted by Gasteiger charge is 2.27. The molecule has 21 heavy (non-hydrogen) atoms. The summed E-state index contributed by atoms with van der Waals surface area (Å²) < 4.78 is 1.36. The molecule has 1 aromatic heterocycles. The van der Waals surface area contributed by atoms with E-state index in [0.717, 1.165) is 13.0 Å². The van der Waals surface area contributed by atoms with Crippen molar-refractivity contribution in [2.24, 2.45) is 0 Å². The molecule has 0 aliphatic carbocycles. The molecule has 0 N–H and O–H groups in total. The van der Waals surface area contributed by atoms with E-state index in [1.807, 2.05) is 23.4 Å². The predicted molar refractivity (Wildman–Crippen MR) is 87.5 cm³/mol. The van der Waals surface area contributed by atoms with Crippen molar-refractivity contribution in [2.45, 2.75) is 12.5 Å². The van der Waals surface area contributed by atoms with Gasteiger partial charge in [0.2, 0.25) is 0 Å². The van der Waals surface area contributed by atoms with Crippen LogP contribution in [0, 0.1) is 0 Å². The second kappa shape index (κ2) is 5.26. The number of hydroxylamine groups is 2. The van der Waals surface area contributed by atoms with Gasteiger partial charge in [-0.25, -0.2) is 0 Å². The SMILES string of the molecule is CN1CCc2c(sc3ccccc23)C(c2ccccc2)O1. The molecule has 1 aliphatic rings. The molecule has 0 saturated heterocycles. The van der Waals surface area contributed by atoms with E-state index in [4.69, 9.17) is 4.84 Å². The smallest absolute Gasteiger partial charge is 0.139 e. The molecule has 1 aliphatic heterocycles. The van der Waals surface area contributed by atoms with Gasteiger partial charge in [0.05, 0.1) is 0 Å². The van der Waals surface area contributed by atoms with Gasteiger partial charge >= 0.3 is 0 Å². The van der Waals surface area contributed by atoms with Crippen LogP contribution in [0.5, 0.6) is 0 Å². The summed E-state index contributed by atoms with van der Waals surface area (Å²) in [7, 11) is 2.02. The average Bonchev–Trinajstić information content (AvgIpc) is 2.81. The number of nitrogens with zero attached hydrogens (tertiary/aromatic N) is 1. The van der Waals surface area contributed by atoms with Crippen molar-refractivity contribution in [1.82, 2.24) is 5.06 Å². The maximum Gasteiger partial charge on any atom is 0.139 e. The Morgan fingerprint density at radius 2 is 1.81 bits per heavy atom. The van der Waals surface area contributed by atoms with Crippen LogP contribution in [0.2, 0.25) is 0 Å². The number of rotatable bonds is 1. The van der Waals surface area contributed by atoms with E-state index < -0.39 is 0 Å². The summed E-state index contributed by atoms with van der Waals surface area (Å²) in [6, 6.07) is 19.2. The summed E-state index contributed by atoms with van der Waals surface area (Å²) in [5, 5.41) is 3.36. The van der Waals surface area contributed by atoms with Crippen molar-refractivity contribution in [2.75, 3.05) is 13.6 Å². The van der Waals surface area contributed by atoms with E-state index >= 15 is 0 Å². The molecule has 0 spiro atoms. The fourth-order valence-corrected chi connectivity index (χ4v) is 4.28. The van der Waals surface area contributed by atoms with Crippen LogP contribution >= 0.6 is 11.3 Å². The first-order valence-corrected chi connectivity index (χ1v) is 8.08. The summed E-state index contributed by atoms with van der Waals surface area (Å²) in [5.41, 5.74) is 2.67. The summed E-state index contributed by atoms with van der Waals surface area (Å²) in [6.07, 6.45) is 1.05. The van der Waals surface area contributed by atoms with Crippen molar-refractivity contribution in [3.63, 3.8) is 0 Å². The molecule has 0 bridgehead atoms. The topological polar surface area (TPSA) is 12.5 Å². The Labute approximate surface area is 128 Å². The van der Waals surface area contributed by atoms with Gasteiger partial charge in [-0.15, -0.1) is 11.3 Å². The number of hydrogen-bond acceptors (Lipinski definition) is 3. The molecule has 106 valence electrons. The predicted octanol–water partition coefficient (Wildman–Crippen LogP) is 4.41. The van der Waals surface area contributed by atoms with Crippen LogP contribution in [0.3, 0.4) is 0 Å². The first-order chi connectivity index (χ1) is 10.3. The second-order valence-corrected chi connectivity index (χ2v) is 6.52. The third-order valence-corrected chi connectivity index (χ3v) is 5.29. The van der Waals surface area contributed by atoms with Crippen LogP contribution in [0.15, 0.2) is 54.6 Å². The maximum absolute atomic E-state index is 6.20. The minimum atomic E-state index is 0.00565. The van der Waals surface area contributed by atoms with Crippen molar-refractivity contribution in [3.8, 4) is 0 Å². The third kappa shape index (κ3) is 2.27. The Balaban J connectivity index is 1.91. The van der Waals surface area contributed by atoms with Gasteiger partial charge in [-0.1, -0.05) is 48.5 Å². The quantitative estimate of drug-likeness (QED) is 0.659. The van der Waals surface area contributed by atoms with E-state index in [9.17, 15) is 0 Å². The molecule has 0 amide bonds. The minimum absolute atomic E-state index is 0.00565. The van der Waals surface area contributed by atoms with E-state index in [1.54, 1.807) is 0 Å². The van der Waals surface area contributed by atoms with E-state index in [2.05, 4.69) is 54.6 Å². The van der Waals surface area contributed by atoms with E-state index in [0.29, 0.717) is 0 Å². The van der Waals surface area contributed by atoms with Crippen LogP contribution in [-0.4, -0.2) is 18.7 Å². The number of fused-ring (bicyclic) bond motifs is 3. The minimum Gasteiger partial charge on any atom is -0.285 e. The first kappa shape index (κ1) is 13.0. The molecule has 1 atom stereocenters.